The summed E-state index contributed by atoms with van der Waals surface area (Å²) < 4.78 is 1.70. The summed E-state index contributed by atoms with van der Waals surface area (Å²) in [5, 5.41) is 4.51. The number of carbonyl (C=O) groups excluding carboxylic acids is 1. The molecule has 1 aromatic heterocycles. The van der Waals surface area contributed by atoms with Gasteiger partial charge in [-0.3, -0.25) is 9.48 Å². The quantitative estimate of drug-likeness (QED) is 0.777. The van der Waals surface area contributed by atoms with E-state index < -0.39 is 0 Å². The average Bonchev–Trinajstić information content (AvgIpc) is 2.91. The van der Waals surface area contributed by atoms with Gasteiger partial charge in [0.2, 0.25) is 0 Å². The molecule has 0 spiro atoms. The van der Waals surface area contributed by atoms with E-state index in [0.717, 1.165) is 24.2 Å². The highest BCUT2D eigenvalue weighted by Gasteiger charge is 2.25. The minimum atomic E-state index is -0.00727. The van der Waals surface area contributed by atoms with Gasteiger partial charge in [0.15, 0.2) is 0 Å². The molecule has 5 heteroatoms. The van der Waals surface area contributed by atoms with E-state index in [1.165, 1.54) is 0 Å². The van der Waals surface area contributed by atoms with Crippen LogP contribution in [0, 0.1) is 5.92 Å². The Hall–Kier alpha value is -2.14. The van der Waals surface area contributed by atoms with Gasteiger partial charge in [-0.2, -0.15) is 5.10 Å². The maximum Gasteiger partial charge on any atom is 0.272 e. The lowest BCUT2D eigenvalue weighted by Gasteiger charge is -2.31. The topological polar surface area (TPSA) is 41.4 Å². The number of likely N-dealkylation sites (N-methyl/N-ethyl adjacent to an activating group) is 2. The summed E-state index contributed by atoms with van der Waals surface area (Å²) in [6.07, 6.45) is 0.880. The highest BCUT2D eigenvalue weighted by atomic mass is 16.2. The lowest BCUT2D eigenvalue weighted by atomic mass is 10.0. The number of benzene rings is 1. The van der Waals surface area contributed by atoms with E-state index in [0.29, 0.717) is 11.6 Å². The van der Waals surface area contributed by atoms with Crippen molar-refractivity contribution in [3.05, 3.63) is 53.3 Å². The van der Waals surface area contributed by atoms with Gasteiger partial charge in [-0.1, -0.05) is 44.2 Å². The Labute approximate surface area is 151 Å². The van der Waals surface area contributed by atoms with Crippen LogP contribution in [0.3, 0.4) is 0 Å². The van der Waals surface area contributed by atoms with Crippen LogP contribution in [0.5, 0.6) is 0 Å². The van der Waals surface area contributed by atoms with E-state index in [2.05, 4.69) is 36.0 Å². The van der Waals surface area contributed by atoms with Gasteiger partial charge in [-0.15, -0.1) is 0 Å². The van der Waals surface area contributed by atoms with Crippen LogP contribution in [0.1, 0.15) is 41.6 Å². The Kier molecular flexibility index (Phi) is 6.37. The van der Waals surface area contributed by atoms with Crippen LogP contribution in [0.25, 0.3) is 0 Å². The molecule has 0 fully saturated rings. The molecule has 1 amide bonds. The van der Waals surface area contributed by atoms with Crippen molar-refractivity contribution in [3.63, 3.8) is 0 Å². The highest BCUT2D eigenvalue weighted by molar-refractivity contribution is 5.92. The summed E-state index contributed by atoms with van der Waals surface area (Å²) in [6, 6.07) is 12.1. The first-order valence-electron chi connectivity index (χ1n) is 8.79. The summed E-state index contributed by atoms with van der Waals surface area (Å²) in [5.74, 6) is 0.516. The maximum absolute atomic E-state index is 13.1. The van der Waals surface area contributed by atoms with Crippen molar-refractivity contribution in [1.29, 1.82) is 0 Å². The third kappa shape index (κ3) is 4.92. The first kappa shape index (κ1) is 19.2. The Balaban J connectivity index is 2.28. The first-order chi connectivity index (χ1) is 11.8. The smallest absolute Gasteiger partial charge is 0.272 e. The van der Waals surface area contributed by atoms with Crippen LogP contribution >= 0.6 is 0 Å². The van der Waals surface area contributed by atoms with Crippen molar-refractivity contribution < 1.29 is 4.79 Å². The van der Waals surface area contributed by atoms with Gasteiger partial charge >= 0.3 is 0 Å². The standard InChI is InChI=1S/C20H30N4O/c1-15(2)12-17-13-18(24(6)21-17)20(25)23(5)19(14-22(3)4)16-10-8-7-9-11-16/h7-11,13,15,19H,12,14H2,1-6H3/t19-/m1/s1. The fourth-order valence-corrected chi connectivity index (χ4v) is 3.04. The van der Waals surface area contributed by atoms with Crippen LogP contribution < -0.4 is 0 Å². The second-order valence-electron chi connectivity index (χ2n) is 7.35. The Morgan fingerprint density at radius 3 is 2.36 bits per heavy atom. The number of hydrogen-bond acceptors (Lipinski definition) is 3. The first-order valence-corrected chi connectivity index (χ1v) is 8.79. The van der Waals surface area contributed by atoms with Crippen molar-refractivity contribution in [3.8, 4) is 0 Å². The van der Waals surface area contributed by atoms with Crippen LogP contribution in [-0.2, 0) is 13.5 Å². The molecule has 0 N–H and O–H groups in total. The fourth-order valence-electron chi connectivity index (χ4n) is 3.04. The van der Waals surface area contributed by atoms with E-state index in [-0.39, 0.29) is 11.9 Å². The fraction of sp³-hybridized carbons (Fsp3) is 0.500. The number of amides is 1. The van der Waals surface area contributed by atoms with E-state index >= 15 is 0 Å². The van der Waals surface area contributed by atoms with Crippen molar-refractivity contribution in [2.75, 3.05) is 27.7 Å². The van der Waals surface area contributed by atoms with Crippen molar-refractivity contribution >= 4 is 5.91 Å². The Morgan fingerprint density at radius 1 is 1.16 bits per heavy atom. The molecule has 0 aliphatic rings. The molecule has 5 nitrogen and oxygen atoms in total. The highest BCUT2D eigenvalue weighted by Crippen LogP contribution is 2.22. The zero-order chi connectivity index (χ0) is 18.6. The lowest BCUT2D eigenvalue weighted by molar-refractivity contribution is 0.0694. The molecule has 0 aliphatic heterocycles. The molecule has 136 valence electrons. The summed E-state index contributed by atoms with van der Waals surface area (Å²) in [7, 11) is 7.77. The Bertz CT molecular complexity index is 691. The molecule has 0 saturated heterocycles. The number of aryl methyl sites for hydroxylation is 1. The molecule has 0 radical (unpaired) electrons. The predicted molar refractivity (Wildman–Crippen MR) is 102 cm³/mol. The Morgan fingerprint density at radius 2 is 1.80 bits per heavy atom. The van der Waals surface area contributed by atoms with E-state index in [1.807, 2.05) is 57.4 Å². The van der Waals surface area contributed by atoms with Gasteiger partial charge in [0, 0.05) is 20.6 Å². The third-order valence-corrected chi connectivity index (χ3v) is 4.28. The second kappa shape index (κ2) is 8.30. The average molecular weight is 342 g/mol. The van der Waals surface area contributed by atoms with E-state index in [1.54, 1.807) is 4.68 Å². The van der Waals surface area contributed by atoms with Gasteiger partial charge in [0.05, 0.1) is 11.7 Å². The predicted octanol–water partition coefficient (Wildman–Crippen LogP) is 2.99. The van der Waals surface area contributed by atoms with Gasteiger partial charge in [0.1, 0.15) is 5.69 Å². The molecular weight excluding hydrogens is 312 g/mol. The molecule has 0 saturated carbocycles. The van der Waals surface area contributed by atoms with E-state index in [4.69, 9.17) is 0 Å². The second-order valence-corrected chi connectivity index (χ2v) is 7.35. The van der Waals surface area contributed by atoms with Crippen LogP contribution in [0.4, 0.5) is 0 Å². The van der Waals surface area contributed by atoms with Crippen molar-refractivity contribution in [1.82, 2.24) is 19.6 Å². The van der Waals surface area contributed by atoms with Crippen LogP contribution in [0.2, 0.25) is 0 Å². The zero-order valence-electron chi connectivity index (χ0n) is 16.2. The van der Waals surface area contributed by atoms with Gasteiger partial charge in [-0.25, -0.2) is 0 Å². The van der Waals surface area contributed by atoms with E-state index in [9.17, 15) is 4.79 Å². The molecule has 25 heavy (non-hydrogen) atoms. The van der Waals surface area contributed by atoms with Gasteiger partial charge in [0.25, 0.3) is 5.91 Å². The van der Waals surface area contributed by atoms with Gasteiger partial charge in [-0.05, 0) is 38.1 Å². The molecule has 2 aromatic rings. The minimum Gasteiger partial charge on any atom is -0.332 e. The number of rotatable bonds is 7. The number of carbonyl (C=O) groups is 1. The number of nitrogens with zero attached hydrogens (tertiary/aromatic N) is 4. The summed E-state index contributed by atoms with van der Waals surface area (Å²) in [6.45, 7) is 5.08. The zero-order valence-corrected chi connectivity index (χ0v) is 16.2. The molecule has 0 aliphatic carbocycles. The monoisotopic (exact) mass is 342 g/mol. The molecule has 1 atom stereocenters. The SMILES string of the molecule is CC(C)Cc1cc(C(=O)N(C)[C@H](CN(C)C)c2ccccc2)n(C)n1. The molecule has 1 aromatic carbocycles. The molecule has 2 rings (SSSR count). The van der Waals surface area contributed by atoms with Crippen molar-refractivity contribution in [2.45, 2.75) is 26.3 Å². The normalized spacial score (nSPS) is 12.6. The maximum atomic E-state index is 13.1. The summed E-state index contributed by atoms with van der Waals surface area (Å²) >= 11 is 0. The number of hydrogen-bond donors (Lipinski definition) is 0. The third-order valence-electron chi connectivity index (χ3n) is 4.28. The van der Waals surface area contributed by atoms with Crippen molar-refractivity contribution in [2.24, 2.45) is 13.0 Å². The molecule has 1 heterocycles. The summed E-state index contributed by atoms with van der Waals surface area (Å²) in [4.78, 5) is 17.0. The lowest BCUT2D eigenvalue weighted by Crippen LogP contribution is -2.37. The summed E-state index contributed by atoms with van der Waals surface area (Å²) in [5.41, 5.74) is 2.74. The largest absolute Gasteiger partial charge is 0.332 e. The molecule has 0 bridgehead atoms. The minimum absolute atomic E-state index is 0.000657. The van der Waals surface area contributed by atoms with Gasteiger partial charge < -0.3 is 9.80 Å². The van der Waals surface area contributed by atoms with Crippen LogP contribution in [-0.4, -0.2) is 53.2 Å². The van der Waals surface area contributed by atoms with Crippen LogP contribution in [0.15, 0.2) is 36.4 Å². The molecular formula is C20H30N4O. The molecule has 0 unspecified atom stereocenters. The number of aromatic nitrogens is 2.